The fourth-order valence-corrected chi connectivity index (χ4v) is 3.10. The number of carbonyl (C=O) groups is 2. The van der Waals surface area contributed by atoms with Crippen LogP contribution in [0, 0.1) is 0 Å². The monoisotopic (exact) mass is 378 g/mol. The van der Waals surface area contributed by atoms with Crippen LogP contribution in [0.5, 0.6) is 0 Å². The summed E-state index contributed by atoms with van der Waals surface area (Å²) >= 11 is 0. The molecule has 1 aromatic rings. The minimum Gasteiger partial charge on any atom is -0.468 e. The maximum absolute atomic E-state index is 11.8. The van der Waals surface area contributed by atoms with E-state index >= 15 is 0 Å². The zero-order valence-electron chi connectivity index (χ0n) is 13.7. The van der Waals surface area contributed by atoms with Crippen molar-refractivity contribution in [1.29, 1.82) is 0 Å². The second-order valence-corrected chi connectivity index (χ2v) is 7.12. The summed E-state index contributed by atoms with van der Waals surface area (Å²) in [6.45, 7) is 1.00. The van der Waals surface area contributed by atoms with E-state index in [1.165, 1.54) is 0 Å². The summed E-state index contributed by atoms with van der Waals surface area (Å²) in [5.41, 5.74) is 1.45. The van der Waals surface area contributed by atoms with Crippen molar-refractivity contribution >= 4 is 34.1 Å². The summed E-state index contributed by atoms with van der Waals surface area (Å²) in [7, 11) is -0.618. The van der Waals surface area contributed by atoms with Crippen LogP contribution in [0.3, 0.4) is 0 Å². The first-order chi connectivity index (χ1) is 10.9. The lowest BCUT2D eigenvalue weighted by atomic mass is 10.1. The average Bonchev–Trinajstić information content (AvgIpc) is 2.51. The molecule has 24 heavy (non-hydrogen) atoms. The van der Waals surface area contributed by atoms with Crippen molar-refractivity contribution in [3.05, 3.63) is 35.4 Å². The second-order valence-electron chi connectivity index (χ2n) is 5.06. The number of benzene rings is 1. The molecule has 7 nitrogen and oxygen atoms in total. The molecule has 1 amide bonds. The number of hydrogen-bond donors (Lipinski definition) is 2. The van der Waals surface area contributed by atoms with Gasteiger partial charge in [0.1, 0.15) is 5.75 Å². The van der Waals surface area contributed by atoms with Crippen LogP contribution in [0.1, 0.15) is 17.5 Å². The van der Waals surface area contributed by atoms with Crippen molar-refractivity contribution in [2.24, 2.45) is 0 Å². The molecule has 0 saturated carbocycles. The molecule has 0 aliphatic rings. The fraction of sp³-hybridized carbons (Fsp3) is 0.467. The van der Waals surface area contributed by atoms with E-state index in [9.17, 15) is 18.0 Å². The van der Waals surface area contributed by atoms with Gasteiger partial charge in [-0.3, -0.25) is 9.59 Å². The Labute approximate surface area is 148 Å². The van der Waals surface area contributed by atoms with Crippen molar-refractivity contribution in [2.45, 2.75) is 18.7 Å². The Morgan fingerprint density at radius 3 is 2.25 bits per heavy atom. The molecule has 1 aromatic carbocycles. The van der Waals surface area contributed by atoms with Gasteiger partial charge in [-0.05, 0) is 18.2 Å². The van der Waals surface area contributed by atoms with Crippen LogP contribution >= 0.6 is 12.4 Å². The normalized spacial score (nSPS) is 10.6. The number of methoxy groups -OCH3 is 1. The van der Waals surface area contributed by atoms with Gasteiger partial charge < -0.3 is 15.4 Å². The number of rotatable bonds is 9. The Kier molecular flexibility index (Phi) is 10.3. The molecule has 0 saturated heterocycles. The Morgan fingerprint density at radius 1 is 1.12 bits per heavy atom. The van der Waals surface area contributed by atoms with Gasteiger partial charge in [-0.15, -0.1) is 12.4 Å². The first-order valence-electron chi connectivity index (χ1n) is 7.12. The molecule has 0 atom stereocenters. The van der Waals surface area contributed by atoms with Crippen LogP contribution in [0.2, 0.25) is 0 Å². The topological polar surface area (TPSA) is 102 Å². The van der Waals surface area contributed by atoms with Crippen LogP contribution in [-0.2, 0) is 36.5 Å². The van der Waals surface area contributed by atoms with E-state index in [4.69, 9.17) is 0 Å². The van der Waals surface area contributed by atoms with Crippen molar-refractivity contribution in [1.82, 2.24) is 10.6 Å². The molecule has 0 aliphatic carbocycles. The van der Waals surface area contributed by atoms with E-state index in [1.54, 1.807) is 31.3 Å². The highest BCUT2D eigenvalue weighted by atomic mass is 35.5. The van der Waals surface area contributed by atoms with Gasteiger partial charge in [-0.1, -0.05) is 24.3 Å². The Balaban J connectivity index is 0.00000529. The highest BCUT2D eigenvalue weighted by Crippen LogP contribution is 2.09. The van der Waals surface area contributed by atoms with Crippen molar-refractivity contribution < 1.29 is 22.7 Å². The van der Waals surface area contributed by atoms with Crippen LogP contribution in [0.4, 0.5) is 0 Å². The lowest BCUT2D eigenvalue weighted by Crippen LogP contribution is -2.26. The number of nitrogens with one attached hydrogen (secondary N) is 2. The molecule has 0 aliphatic heterocycles. The third kappa shape index (κ3) is 8.85. The summed E-state index contributed by atoms with van der Waals surface area (Å²) in [5, 5.41) is 5.67. The summed E-state index contributed by atoms with van der Waals surface area (Å²) in [6.07, 6.45) is 0.403. The van der Waals surface area contributed by atoms with Crippen LogP contribution in [0.25, 0.3) is 0 Å². The average molecular weight is 379 g/mol. The van der Waals surface area contributed by atoms with Gasteiger partial charge in [0.05, 0.1) is 12.9 Å². The van der Waals surface area contributed by atoms with E-state index in [0.29, 0.717) is 25.1 Å². The molecule has 0 unspecified atom stereocenters. The largest absolute Gasteiger partial charge is 0.468 e. The first kappa shape index (κ1) is 22.4. The molecular formula is C15H23ClN2O5S. The number of carbonyl (C=O) groups excluding carboxylic acids is 2. The SMILES string of the molecule is CNCCC(=O)NCc1ccc(CS(=O)(=O)CC(=O)OC)cc1.Cl. The molecule has 0 fully saturated rings. The predicted molar refractivity (Wildman–Crippen MR) is 93.6 cm³/mol. The molecule has 0 aromatic heterocycles. The number of amides is 1. The van der Waals surface area contributed by atoms with E-state index in [0.717, 1.165) is 12.7 Å². The van der Waals surface area contributed by atoms with Crippen LogP contribution in [-0.4, -0.2) is 46.7 Å². The Hall–Kier alpha value is -1.64. The predicted octanol–water partition coefficient (Wildman–Crippen LogP) is 0.422. The molecule has 0 heterocycles. The maximum atomic E-state index is 11.8. The first-order valence-corrected chi connectivity index (χ1v) is 8.95. The molecule has 2 N–H and O–H groups in total. The van der Waals surface area contributed by atoms with Gasteiger partial charge in [0.15, 0.2) is 9.84 Å². The Morgan fingerprint density at radius 2 is 1.71 bits per heavy atom. The van der Waals surface area contributed by atoms with Crippen molar-refractivity contribution in [2.75, 3.05) is 26.5 Å². The third-order valence-corrected chi connectivity index (χ3v) is 4.52. The van der Waals surface area contributed by atoms with E-state index in [-0.39, 0.29) is 24.1 Å². The molecule has 136 valence electrons. The van der Waals surface area contributed by atoms with Gasteiger partial charge in [-0.25, -0.2) is 8.42 Å². The number of ether oxygens (including phenoxy) is 1. The summed E-state index contributed by atoms with van der Waals surface area (Å²) in [5.74, 6) is -1.68. The van der Waals surface area contributed by atoms with Crippen molar-refractivity contribution in [3.8, 4) is 0 Å². The van der Waals surface area contributed by atoms with Crippen LogP contribution < -0.4 is 10.6 Å². The molecule has 9 heteroatoms. The number of sulfone groups is 1. The zero-order chi connectivity index (χ0) is 17.3. The highest BCUT2D eigenvalue weighted by molar-refractivity contribution is 7.91. The number of halogens is 1. The fourth-order valence-electron chi connectivity index (χ4n) is 1.82. The number of hydrogen-bond acceptors (Lipinski definition) is 6. The molecular weight excluding hydrogens is 356 g/mol. The standard InChI is InChI=1S/C15H22N2O5S.ClH/c1-16-8-7-14(18)17-9-12-3-5-13(6-4-12)10-23(20,21)11-15(19)22-2;/h3-6,16H,7-11H2,1-2H3,(H,17,18);1H. The van der Waals surface area contributed by atoms with Gasteiger partial charge in [-0.2, -0.15) is 0 Å². The van der Waals surface area contributed by atoms with Crippen LogP contribution in [0.15, 0.2) is 24.3 Å². The van der Waals surface area contributed by atoms with E-state index in [2.05, 4.69) is 15.4 Å². The molecule has 0 radical (unpaired) electrons. The van der Waals surface area contributed by atoms with E-state index in [1.807, 2.05) is 0 Å². The molecule has 1 rings (SSSR count). The van der Waals surface area contributed by atoms with Crippen molar-refractivity contribution in [3.63, 3.8) is 0 Å². The summed E-state index contributed by atoms with van der Waals surface area (Å²) < 4.78 is 28.0. The zero-order valence-corrected chi connectivity index (χ0v) is 15.3. The lowest BCUT2D eigenvalue weighted by molar-refractivity contribution is -0.137. The molecule has 0 spiro atoms. The summed E-state index contributed by atoms with van der Waals surface area (Å²) in [4.78, 5) is 22.5. The van der Waals surface area contributed by atoms with Gasteiger partial charge in [0, 0.05) is 19.5 Å². The summed E-state index contributed by atoms with van der Waals surface area (Å²) in [6, 6.07) is 6.84. The van der Waals surface area contributed by atoms with Gasteiger partial charge in [0.2, 0.25) is 5.91 Å². The molecule has 0 bridgehead atoms. The minimum absolute atomic E-state index is 0. The number of esters is 1. The quantitative estimate of drug-likeness (QED) is 0.604. The second kappa shape index (κ2) is 11.0. The maximum Gasteiger partial charge on any atom is 0.320 e. The lowest BCUT2D eigenvalue weighted by Gasteiger charge is -2.07. The Bertz CT molecular complexity index is 632. The minimum atomic E-state index is -3.55. The van der Waals surface area contributed by atoms with Gasteiger partial charge >= 0.3 is 5.97 Å². The van der Waals surface area contributed by atoms with E-state index < -0.39 is 21.6 Å². The third-order valence-electron chi connectivity index (χ3n) is 3.07. The highest BCUT2D eigenvalue weighted by Gasteiger charge is 2.17. The van der Waals surface area contributed by atoms with Gasteiger partial charge in [0.25, 0.3) is 0 Å². The smallest absolute Gasteiger partial charge is 0.320 e.